The molecule has 3 aromatic rings. The first-order valence-electron chi connectivity index (χ1n) is 7.16. The van der Waals surface area contributed by atoms with Crippen LogP contribution < -0.4 is 4.74 Å². The Morgan fingerprint density at radius 3 is 2.08 bits per heavy atom. The van der Waals surface area contributed by atoms with Crippen molar-refractivity contribution in [3.63, 3.8) is 0 Å². The summed E-state index contributed by atoms with van der Waals surface area (Å²) in [6.07, 6.45) is -5.32. The highest BCUT2D eigenvalue weighted by atomic mass is 19.4. The van der Waals surface area contributed by atoms with Gasteiger partial charge in [0.2, 0.25) is 0 Å². The first kappa shape index (κ1) is 18.0. The van der Waals surface area contributed by atoms with Crippen molar-refractivity contribution in [2.75, 3.05) is 7.11 Å². The number of methoxy groups -OCH3 is 1. The van der Waals surface area contributed by atoms with Gasteiger partial charge >= 0.3 is 6.18 Å². The predicted octanol–water partition coefficient (Wildman–Crippen LogP) is 6.09. The smallest absolute Gasteiger partial charge is 0.422 e. The maximum absolute atomic E-state index is 14.3. The highest BCUT2D eigenvalue weighted by Gasteiger charge is 2.39. The zero-order valence-corrected chi connectivity index (χ0v) is 13.0. The summed E-state index contributed by atoms with van der Waals surface area (Å²) >= 11 is 0. The summed E-state index contributed by atoms with van der Waals surface area (Å²) < 4.78 is 99.4. The van der Waals surface area contributed by atoms with Crippen LogP contribution in [0, 0.1) is 23.3 Å². The molecular formula is C18H9F7O. The van der Waals surface area contributed by atoms with Crippen LogP contribution in [-0.4, -0.2) is 7.11 Å². The summed E-state index contributed by atoms with van der Waals surface area (Å²) in [5.74, 6) is -5.90. The van der Waals surface area contributed by atoms with Gasteiger partial charge in [0.15, 0.2) is 0 Å². The standard InChI is InChI=1S/C18H9F7O/c1-26-10-2-3-11(12(19)7-10)8-4-9-6-14(21)16(18(23,24)25)17(22)15(9)13(20)5-8/h2-7H,1H3. The first-order chi connectivity index (χ1) is 12.1. The Morgan fingerprint density at radius 1 is 0.808 bits per heavy atom. The fourth-order valence-electron chi connectivity index (χ4n) is 2.68. The maximum atomic E-state index is 14.3. The Balaban J connectivity index is 2.27. The van der Waals surface area contributed by atoms with E-state index in [1.54, 1.807) is 0 Å². The molecule has 0 aliphatic heterocycles. The predicted molar refractivity (Wildman–Crippen MR) is 80.8 cm³/mol. The molecule has 0 fully saturated rings. The zero-order valence-electron chi connectivity index (χ0n) is 13.0. The van der Waals surface area contributed by atoms with E-state index in [0.717, 1.165) is 12.1 Å². The average molecular weight is 374 g/mol. The van der Waals surface area contributed by atoms with Gasteiger partial charge in [0, 0.05) is 11.6 Å². The van der Waals surface area contributed by atoms with Crippen LogP contribution in [0.2, 0.25) is 0 Å². The van der Waals surface area contributed by atoms with Crippen molar-refractivity contribution in [1.29, 1.82) is 0 Å². The lowest BCUT2D eigenvalue weighted by Crippen LogP contribution is -2.12. The number of ether oxygens (including phenoxy) is 1. The number of halogens is 7. The van der Waals surface area contributed by atoms with Crippen LogP contribution in [0.3, 0.4) is 0 Å². The van der Waals surface area contributed by atoms with Crippen LogP contribution in [0.25, 0.3) is 21.9 Å². The fraction of sp³-hybridized carbons (Fsp3) is 0.111. The minimum atomic E-state index is -5.32. The molecule has 0 saturated heterocycles. The number of hydrogen-bond acceptors (Lipinski definition) is 1. The van der Waals surface area contributed by atoms with E-state index in [2.05, 4.69) is 0 Å². The minimum absolute atomic E-state index is 0.0892. The van der Waals surface area contributed by atoms with E-state index in [0.29, 0.717) is 12.1 Å². The van der Waals surface area contributed by atoms with E-state index in [4.69, 9.17) is 4.74 Å². The third-order valence-electron chi connectivity index (χ3n) is 3.85. The number of benzene rings is 3. The Kier molecular flexibility index (Phi) is 4.29. The molecule has 0 spiro atoms. The van der Waals surface area contributed by atoms with Gasteiger partial charge in [-0.3, -0.25) is 0 Å². The number of alkyl halides is 3. The van der Waals surface area contributed by atoms with E-state index < -0.39 is 45.8 Å². The molecule has 0 radical (unpaired) electrons. The van der Waals surface area contributed by atoms with Crippen molar-refractivity contribution in [3.05, 3.63) is 65.2 Å². The summed E-state index contributed by atoms with van der Waals surface area (Å²) in [5.41, 5.74) is -2.37. The second-order valence-corrected chi connectivity index (χ2v) is 5.45. The third kappa shape index (κ3) is 2.95. The lowest BCUT2D eigenvalue weighted by Gasteiger charge is -2.13. The molecule has 8 heteroatoms. The molecule has 3 rings (SSSR count). The summed E-state index contributed by atoms with van der Waals surface area (Å²) in [7, 11) is 1.31. The molecule has 0 N–H and O–H groups in total. The molecule has 0 aliphatic carbocycles. The molecule has 0 saturated carbocycles. The monoisotopic (exact) mass is 374 g/mol. The summed E-state index contributed by atoms with van der Waals surface area (Å²) in [6, 6.07) is 5.73. The quantitative estimate of drug-likeness (QED) is 0.493. The fourth-order valence-corrected chi connectivity index (χ4v) is 2.68. The first-order valence-corrected chi connectivity index (χ1v) is 7.16. The third-order valence-corrected chi connectivity index (χ3v) is 3.85. The molecule has 3 aromatic carbocycles. The van der Waals surface area contributed by atoms with Crippen molar-refractivity contribution in [2.45, 2.75) is 6.18 Å². The van der Waals surface area contributed by atoms with Gasteiger partial charge < -0.3 is 4.74 Å². The van der Waals surface area contributed by atoms with Crippen molar-refractivity contribution >= 4 is 10.8 Å². The summed E-state index contributed by atoms with van der Waals surface area (Å²) in [5, 5.41) is -1.48. The molecule has 136 valence electrons. The largest absolute Gasteiger partial charge is 0.497 e. The van der Waals surface area contributed by atoms with E-state index >= 15 is 0 Å². The molecule has 0 aliphatic rings. The van der Waals surface area contributed by atoms with Crippen molar-refractivity contribution in [1.82, 2.24) is 0 Å². The molecule has 1 nitrogen and oxygen atoms in total. The van der Waals surface area contributed by atoms with E-state index in [9.17, 15) is 30.7 Å². The summed E-state index contributed by atoms with van der Waals surface area (Å²) in [6.45, 7) is 0. The second kappa shape index (κ2) is 6.19. The molecular weight excluding hydrogens is 365 g/mol. The van der Waals surface area contributed by atoms with Crippen LogP contribution in [0.5, 0.6) is 5.75 Å². The number of fused-ring (bicyclic) bond motifs is 1. The van der Waals surface area contributed by atoms with Gasteiger partial charge in [-0.05, 0) is 41.3 Å². The van der Waals surface area contributed by atoms with E-state index in [1.165, 1.54) is 19.2 Å². The van der Waals surface area contributed by atoms with Crippen LogP contribution in [0.15, 0.2) is 36.4 Å². The lowest BCUT2D eigenvalue weighted by atomic mass is 9.98. The van der Waals surface area contributed by atoms with E-state index in [1.807, 2.05) is 0 Å². The van der Waals surface area contributed by atoms with Gasteiger partial charge in [-0.25, -0.2) is 17.6 Å². The average Bonchev–Trinajstić information content (AvgIpc) is 2.52. The maximum Gasteiger partial charge on any atom is 0.422 e. The van der Waals surface area contributed by atoms with Gasteiger partial charge in [-0.15, -0.1) is 0 Å². The SMILES string of the molecule is COc1ccc(-c2cc(F)c3c(F)c(C(F)(F)F)c(F)cc3c2)c(F)c1. The Labute approximate surface area is 142 Å². The Morgan fingerprint density at radius 2 is 1.50 bits per heavy atom. The van der Waals surface area contributed by atoms with E-state index in [-0.39, 0.29) is 16.9 Å². The van der Waals surface area contributed by atoms with Crippen LogP contribution in [0.1, 0.15) is 5.56 Å². The Bertz CT molecular complexity index is 1010. The molecule has 26 heavy (non-hydrogen) atoms. The van der Waals surface area contributed by atoms with Crippen molar-refractivity contribution in [3.8, 4) is 16.9 Å². The van der Waals surface area contributed by atoms with Crippen LogP contribution >= 0.6 is 0 Å². The molecule has 0 amide bonds. The molecule has 0 aromatic heterocycles. The molecule has 0 heterocycles. The van der Waals surface area contributed by atoms with Crippen molar-refractivity contribution < 1.29 is 35.5 Å². The Hall–Kier alpha value is -2.77. The summed E-state index contributed by atoms with van der Waals surface area (Å²) in [4.78, 5) is 0. The van der Waals surface area contributed by atoms with Crippen LogP contribution in [-0.2, 0) is 6.18 Å². The van der Waals surface area contributed by atoms with Gasteiger partial charge in [0.05, 0.1) is 12.5 Å². The normalized spacial score (nSPS) is 11.8. The topological polar surface area (TPSA) is 9.23 Å². The van der Waals surface area contributed by atoms with Crippen molar-refractivity contribution in [2.24, 2.45) is 0 Å². The van der Waals surface area contributed by atoms with Gasteiger partial charge in [-0.1, -0.05) is 0 Å². The minimum Gasteiger partial charge on any atom is -0.497 e. The van der Waals surface area contributed by atoms with Crippen LogP contribution in [0.4, 0.5) is 30.7 Å². The van der Waals surface area contributed by atoms with Gasteiger partial charge in [0.1, 0.15) is 34.6 Å². The van der Waals surface area contributed by atoms with Gasteiger partial charge in [0.25, 0.3) is 0 Å². The highest BCUT2D eigenvalue weighted by molar-refractivity contribution is 5.89. The second-order valence-electron chi connectivity index (χ2n) is 5.45. The molecule has 0 unspecified atom stereocenters. The highest BCUT2D eigenvalue weighted by Crippen LogP contribution is 2.39. The number of hydrogen-bond donors (Lipinski definition) is 0. The number of rotatable bonds is 2. The molecule has 0 atom stereocenters. The molecule has 0 bridgehead atoms. The lowest BCUT2D eigenvalue weighted by molar-refractivity contribution is -0.142. The zero-order chi connectivity index (χ0) is 19.2. The van der Waals surface area contributed by atoms with Gasteiger partial charge in [-0.2, -0.15) is 13.2 Å².